The SMILES string of the molecule is O=C(OC1CCCCC1)c1ccc(O)cc1O. The molecule has 0 atom stereocenters. The van der Waals surface area contributed by atoms with Gasteiger partial charge in [0, 0.05) is 6.07 Å². The van der Waals surface area contributed by atoms with E-state index >= 15 is 0 Å². The summed E-state index contributed by atoms with van der Waals surface area (Å²) in [6.07, 6.45) is 5.11. The number of hydrogen-bond donors (Lipinski definition) is 2. The van der Waals surface area contributed by atoms with E-state index in [1.54, 1.807) is 0 Å². The first-order valence-electron chi connectivity index (χ1n) is 5.90. The van der Waals surface area contributed by atoms with Crippen LogP contribution >= 0.6 is 0 Å². The molecule has 0 unspecified atom stereocenters. The van der Waals surface area contributed by atoms with Crippen molar-refractivity contribution >= 4 is 5.97 Å². The second-order valence-corrected chi connectivity index (χ2v) is 4.37. The Morgan fingerprint density at radius 1 is 1.18 bits per heavy atom. The molecule has 1 fully saturated rings. The third kappa shape index (κ3) is 2.90. The van der Waals surface area contributed by atoms with Crippen LogP contribution in [-0.4, -0.2) is 22.3 Å². The Hall–Kier alpha value is -1.71. The molecular weight excluding hydrogens is 220 g/mol. The minimum atomic E-state index is -0.519. The highest BCUT2D eigenvalue weighted by atomic mass is 16.5. The van der Waals surface area contributed by atoms with Crippen LogP contribution in [0.25, 0.3) is 0 Å². The Kier molecular flexibility index (Phi) is 3.52. The molecule has 2 N–H and O–H groups in total. The highest BCUT2D eigenvalue weighted by Crippen LogP contribution is 2.26. The number of rotatable bonds is 2. The maximum Gasteiger partial charge on any atom is 0.342 e. The Morgan fingerprint density at radius 2 is 1.88 bits per heavy atom. The molecule has 4 nitrogen and oxygen atoms in total. The normalized spacial score (nSPS) is 16.7. The third-order valence-electron chi connectivity index (χ3n) is 3.03. The highest BCUT2D eigenvalue weighted by Gasteiger charge is 2.20. The summed E-state index contributed by atoms with van der Waals surface area (Å²) in [5.41, 5.74) is 0.105. The average Bonchev–Trinajstić information content (AvgIpc) is 2.30. The minimum absolute atomic E-state index is 0.0375. The molecule has 0 aliphatic heterocycles. The summed E-state index contributed by atoms with van der Waals surface area (Å²) in [5.74, 6) is -0.836. The van der Waals surface area contributed by atoms with E-state index in [0.717, 1.165) is 31.7 Å². The lowest BCUT2D eigenvalue weighted by Gasteiger charge is -2.21. The Labute approximate surface area is 99.8 Å². The number of carbonyl (C=O) groups is 1. The van der Waals surface area contributed by atoms with Gasteiger partial charge in [0.25, 0.3) is 0 Å². The van der Waals surface area contributed by atoms with Crippen LogP contribution in [0.3, 0.4) is 0 Å². The van der Waals surface area contributed by atoms with Gasteiger partial charge in [-0.15, -0.1) is 0 Å². The molecule has 0 heterocycles. The van der Waals surface area contributed by atoms with Crippen LogP contribution in [0.1, 0.15) is 42.5 Å². The van der Waals surface area contributed by atoms with Gasteiger partial charge < -0.3 is 14.9 Å². The standard InChI is InChI=1S/C13H16O4/c14-9-6-7-11(12(15)8-9)13(16)17-10-4-2-1-3-5-10/h6-8,10,14-15H,1-5H2. The number of hydrogen-bond acceptors (Lipinski definition) is 4. The van der Waals surface area contributed by atoms with Crippen molar-refractivity contribution in [1.82, 2.24) is 0 Å². The highest BCUT2D eigenvalue weighted by molar-refractivity contribution is 5.92. The quantitative estimate of drug-likeness (QED) is 0.774. The van der Waals surface area contributed by atoms with Gasteiger partial charge in [0.15, 0.2) is 0 Å². The molecule has 1 aromatic carbocycles. The van der Waals surface area contributed by atoms with Crippen LogP contribution in [0.4, 0.5) is 0 Å². The van der Waals surface area contributed by atoms with Gasteiger partial charge in [0.05, 0.1) is 0 Å². The molecule has 0 radical (unpaired) electrons. The predicted octanol–water partition coefficient (Wildman–Crippen LogP) is 2.59. The fraction of sp³-hybridized carbons (Fsp3) is 0.462. The maximum atomic E-state index is 11.8. The topological polar surface area (TPSA) is 66.8 Å². The summed E-state index contributed by atoms with van der Waals surface area (Å²) in [6.45, 7) is 0. The van der Waals surface area contributed by atoms with Crippen molar-refractivity contribution in [3.63, 3.8) is 0 Å². The molecule has 0 amide bonds. The van der Waals surface area contributed by atoms with E-state index in [1.165, 1.54) is 18.6 Å². The van der Waals surface area contributed by atoms with E-state index in [9.17, 15) is 9.90 Å². The van der Waals surface area contributed by atoms with Gasteiger partial charge in [0.1, 0.15) is 23.2 Å². The van der Waals surface area contributed by atoms with Crippen molar-refractivity contribution < 1.29 is 19.7 Å². The van der Waals surface area contributed by atoms with Crippen LogP contribution in [0.2, 0.25) is 0 Å². The minimum Gasteiger partial charge on any atom is -0.508 e. The summed E-state index contributed by atoms with van der Waals surface area (Å²) in [7, 11) is 0. The molecule has 1 aromatic rings. The van der Waals surface area contributed by atoms with E-state index in [1.807, 2.05) is 0 Å². The lowest BCUT2D eigenvalue weighted by molar-refractivity contribution is 0.0208. The molecule has 17 heavy (non-hydrogen) atoms. The van der Waals surface area contributed by atoms with Crippen LogP contribution in [0.5, 0.6) is 11.5 Å². The third-order valence-corrected chi connectivity index (χ3v) is 3.03. The zero-order chi connectivity index (χ0) is 12.3. The van der Waals surface area contributed by atoms with Crippen molar-refractivity contribution in [2.45, 2.75) is 38.2 Å². The van der Waals surface area contributed by atoms with Gasteiger partial charge in [-0.05, 0) is 37.8 Å². The second-order valence-electron chi connectivity index (χ2n) is 4.37. The summed E-state index contributed by atoms with van der Waals surface area (Å²) < 4.78 is 5.32. The number of carbonyl (C=O) groups excluding carboxylic acids is 1. The average molecular weight is 236 g/mol. The molecule has 1 saturated carbocycles. The summed E-state index contributed by atoms with van der Waals surface area (Å²) >= 11 is 0. The van der Waals surface area contributed by atoms with Crippen molar-refractivity contribution in [2.24, 2.45) is 0 Å². The summed E-state index contributed by atoms with van der Waals surface area (Å²) in [6, 6.07) is 3.87. The van der Waals surface area contributed by atoms with Crippen molar-refractivity contribution in [3.05, 3.63) is 23.8 Å². The van der Waals surface area contributed by atoms with Crippen molar-refractivity contribution in [2.75, 3.05) is 0 Å². The van der Waals surface area contributed by atoms with Crippen molar-refractivity contribution in [3.8, 4) is 11.5 Å². The molecule has 1 aliphatic rings. The Balaban J connectivity index is 2.03. The lowest BCUT2D eigenvalue weighted by Crippen LogP contribution is -2.20. The first kappa shape index (κ1) is 11.8. The van der Waals surface area contributed by atoms with Gasteiger partial charge >= 0.3 is 5.97 Å². The number of phenols is 2. The van der Waals surface area contributed by atoms with Crippen LogP contribution in [-0.2, 0) is 4.74 Å². The van der Waals surface area contributed by atoms with Gasteiger partial charge in [-0.3, -0.25) is 0 Å². The van der Waals surface area contributed by atoms with Gasteiger partial charge in [-0.2, -0.15) is 0 Å². The molecule has 0 saturated heterocycles. The zero-order valence-corrected chi connectivity index (χ0v) is 9.56. The first-order chi connectivity index (χ1) is 8.16. The van der Waals surface area contributed by atoms with Crippen LogP contribution in [0.15, 0.2) is 18.2 Å². The molecular formula is C13H16O4. The molecule has 0 spiro atoms. The number of esters is 1. The number of phenolic OH excluding ortho intramolecular Hbond substituents is 2. The smallest absolute Gasteiger partial charge is 0.342 e. The predicted molar refractivity (Wildman–Crippen MR) is 62.1 cm³/mol. The zero-order valence-electron chi connectivity index (χ0n) is 9.56. The monoisotopic (exact) mass is 236 g/mol. The first-order valence-corrected chi connectivity index (χ1v) is 5.90. The molecule has 2 rings (SSSR count). The largest absolute Gasteiger partial charge is 0.508 e. The fourth-order valence-corrected chi connectivity index (χ4v) is 2.09. The van der Waals surface area contributed by atoms with Crippen LogP contribution in [0, 0.1) is 0 Å². The summed E-state index contributed by atoms with van der Waals surface area (Å²) in [4.78, 5) is 11.8. The fourth-order valence-electron chi connectivity index (χ4n) is 2.09. The number of benzene rings is 1. The lowest BCUT2D eigenvalue weighted by atomic mass is 9.98. The second kappa shape index (κ2) is 5.08. The van der Waals surface area contributed by atoms with E-state index in [4.69, 9.17) is 9.84 Å². The van der Waals surface area contributed by atoms with Gasteiger partial charge in [-0.25, -0.2) is 4.79 Å². The Morgan fingerprint density at radius 3 is 2.53 bits per heavy atom. The van der Waals surface area contributed by atoms with Gasteiger partial charge in [-0.1, -0.05) is 6.42 Å². The number of ether oxygens (including phenoxy) is 1. The molecule has 0 aromatic heterocycles. The molecule has 1 aliphatic carbocycles. The summed E-state index contributed by atoms with van der Waals surface area (Å²) in [5, 5.41) is 18.7. The van der Waals surface area contributed by atoms with E-state index in [2.05, 4.69) is 0 Å². The Bertz CT molecular complexity index is 408. The van der Waals surface area contributed by atoms with E-state index in [0.29, 0.717) is 0 Å². The molecule has 4 heteroatoms. The van der Waals surface area contributed by atoms with Gasteiger partial charge in [0.2, 0.25) is 0 Å². The molecule has 92 valence electrons. The van der Waals surface area contributed by atoms with Crippen molar-refractivity contribution in [1.29, 1.82) is 0 Å². The maximum absolute atomic E-state index is 11.8. The van der Waals surface area contributed by atoms with E-state index in [-0.39, 0.29) is 23.2 Å². The van der Waals surface area contributed by atoms with E-state index < -0.39 is 5.97 Å². The number of aromatic hydroxyl groups is 2. The molecule has 0 bridgehead atoms. The van der Waals surface area contributed by atoms with Crippen LogP contribution < -0.4 is 0 Å².